The number of aryl methyl sites for hydroxylation is 1. The van der Waals surface area contributed by atoms with Gasteiger partial charge in [-0.3, -0.25) is 4.98 Å². The van der Waals surface area contributed by atoms with Crippen molar-refractivity contribution in [1.29, 1.82) is 0 Å². The number of hydrogen-bond acceptors (Lipinski definition) is 5. The molecule has 3 aromatic rings. The van der Waals surface area contributed by atoms with Gasteiger partial charge in [0.05, 0.1) is 5.69 Å². The highest BCUT2D eigenvalue weighted by atomic mass is 15.0. The molecular formula is C27H26N6. The third kappa shape index (κ3) is 4.01. The largest absolute Gasteiger partial charge is 0.340 e. The molecule has 4 heterocycles. The number of fused-ring (bicyclic) bond motifs is 1. The van der Waals surface area contributed by atoms with Crippen LogP contribution in [0.2, 0.25) is 0 Å². The second-order valence-corrected chi connectivity index (χ2v) is 8.09. The van der Waals surface area contributed by atoms with Crippen LogP contribution in [0.15, 0.2) is 78.2 Å². The van der Waals surface area contributed by atoms with E-state index in [9.17, 15) is 0 Å². The second kappa shape index (κ2) is 8.92. The summed E-state index contributed by atoms with van der Waals surface area (Å²) >= 11 is 0. The second-order valence-electron chi connectivity index (χ2n) is 8.09. The molecular weight excluding hydrogens is 408 g/mol. The number of nitrogens with one attached hydrogen (secondary N) is 2. The molecule has 0 saturated heterocycles. The van der Waals surface area contributed by atoms with Crippen LogP contribution in [0.4, 0.5) is 0 Å². The van der Waals surface area contributed by atoms with E-state index in [1.54, 1.807) is 6.08 Å². The number of rotatable bonds is 8. The average Bonchev–Trinajstić information content (AvgIpc) is 3.47. The number of hydrogen-bond donors (Lipinski definition) is 2. The fourth-order valence-corrected chi connectivity index (χ4v) is 4.11. The third-order valence-electron chi connectivity index (χ3n) is 5.78. The Morgan fingerprint density at radius 3 is 2.88 bits per heavy atom. The minimum absolute atomic E-state index is 0.740. The number of nitrogens with zero attached hydrogens (tertiary/aromatic N) is 4. The van der Waals surface area contributed by atoms with E-state index in [0.717, 1.165) is 75.4 Å². The maximum absolute atomic E-state index is 4.92. The fraction of sp³-hybridized carbons (Fsp3) is 0.185. The van der Waals surface area contributed by atoms with Crippen molar-refractivity contribution < 1.29 is 0 Å². The summed E-state index contributed by atoms with van der Waals surface area (Å²) in [5.41, 5.74) is 8.93. The Morgan fingerprint density at radius 2 is 2.09 bits per heavy atom. The Balaban J connectivity index is 1.52. The molecule has 0 unspecified atom stereocenters. The first-order chi connectivity index (χ1) is 16.2. The lowest BCUT2D eigenvalue weighted by Gasteiger charge is -2.10. The average molecular weight is 435 g/mol. The summed E-state index contributed by atoms with van der Waals surface area (Å²) in [5, 5.41) is 4.34. The minimum Gasteiger partial charge on any atom is -0.340 e. The smallest absolute Gasteiger partial charge is 0.162 e. The molecule has 6 heteroatoms. The summed E-state index contributed by atoms with van der Waals surface area (Å²) < 4.78 is 0. The molecule has 6 nitrogen and oxygen atoms in total. The molecule has 1 aliphatic heterocycles. The number of allylic oxidation sites excluding steroid dienone is 7. The lowest BCUT2D eigenvalue weighted by atomic mass is 10.0. The summed E-state index contributed by atoms with van der Waals surface area (Å²) in [6.07, 6.45) is 16.9. The van der Waals surface area contributed by atoms with E-state index in [1.165, 1.54) is 5.57 Å². The Bertz CT molecular complexity index is 1450. The van der Waals surface area contributed by atoms with Gasteiger partial charge in [0.25, 0.3) is 0 Å². The first-order valence-electron chi connectivity index (χ1n) is 11.2. The van der Waals surface area contributed by atoms with E-state index in [2.05, 4.69) is 69.1 Å². The van der Waals surface area contributed by atoms with Crippen molar-refractivity contribution in [3.63, 3.8) is 0 Å². The molecule has 2 N–H and O–H groups in total. The van der Waals surface area contributed by atoms with Gasteiger partial charge in [-0.1, -0.05) is 43.9 Å². The van der Waals surface area contributed by atoms with Gasteiger partial charge in [-0.15, -0.1) is 0 Å². The molecule has 1 aliphatic carbocycles. The van der Waals surface area contributed by atoms with Crippen LogP contribution in [0.3, 0.4) is 0 Å². The van der Waals surface area contributed by atoms with Crippen LogP contribution in [0.5, 0.6) is 0 Å². The van der Waals surface area contributed by atoms with Crippen LogP contribution in [-0.2, 0) is 6.54 Å². The van der Waals surface area contributed by atoms with Crippen LogP contribution in [0.1, 0.15) is 36.1 Å². The van der Waals surface area contributed by atoms with Gasteiger partial charge in [-0.2, -0.15) is 0 Å². The number of imidazole rings is 1. The molecule has 0 amide bonds. The Morgan fingerprint density at radius 1 is 1.21 bits per heavy atom. The normalized spacial score (nSPS) is 14.5. The van der Waals surface area contributed by atoms with Gasteiger partial charge >= 0.3 is 0 Å². The van der Waals surface area contributed by atoms with Gasteiger partial charge in [0.15, 0.2) is 11.3 Å². The van der Waals surface area contributed by atoms with Gasteiger partial charge in [0.2, 0.25) is 0 Å². The Labute approximate surface area is 193 Å². The summed E-state index contributed by atoms with van der Waals surface area (Å²) in [4.78, 5) is 21.9. The van der Waals surface area contributed by atoms with E-state index >= 15 is 0 Å². The van der Waals surface area contributed by atoms with E-state index < -0.39 is 0 Å². The first kappa shape index (κ1) is 21.0. The molecule has 0 spiro atoms. The molecule has 0 radical (unpaired) electrons. The van der Waals surface area contributed by atoms with Crippen molar-refractivity contribution in [2.45, 2.75) is 26.8 Å². The molecule has 164 valence electrons. The Kier molecular flexibility index (Phi) is 5.67. The van der Waals surface area contributed by atoms with Gasteiger partial charge in [0.1, 0.15) is 5.70 Å². The molecule has 5 rings (SSSR count). The maximum atomic E-state index is 4.92. The van der Waals surface area contributed by atoms with Crippen LogP contribution >= 0.6 is 0 Å². The Hall–Kier alpha value is -3.90. The number of aromatic amines is 1. The SMILES string of the molecule is C=C/C=C(/C1=CCC=C1)c1nc(C2=c3cc(-c4cncc(CNCC)c4)cnc3=N2)[nH]c1C. The molecule has 3 aromatic heterocycles. The molecule has 0 atom stereocenters. The lowest BCUT2D eigenvalue weighted by Crippen LogP contribution is -2.38. The van der Waals surface area contributed by atoms with Gasteiger partial charge < -0.3 is 10.3 Å². The summed E-state index contributed by atoms with van der Waals surface area (Å²) in [7, 11) is 0. The standard InChI is InChI=1S/C27H26N6/c1-4-8-22(19-9-6-7-10-19)24-17(3)31-27(32-24)25-23-12-21(16-30-26(23)33-25)20-11-18(13-28-5-2)14-29-15-20/h4,6,8-12,14-16,28H,1,5,7,13H2,2-3H3,(H,31,32)/b22-8-. The maximum Gasteiger partial charge on any atom is 0.162 e. The summed E-state index contributed by atoms with van der Waals surface area (Å²) in [6.45, 7) is 9.73. The van der Waals surface area contributed by atoms with Crippen molar-refractivity contribution in [3.05, 3.63) is 107 Å². The van der Waals surface area contributed by atoms with Crippen molar-refractivity contribution >= 4 is 11.3 Å². The highest BCUT2D eigenvalue weighted by Gasteiger charge is 2.20. The van der Waals surface area contributed by atoms with E-state index in [4.69, 9.17) is 4.98 Å². The zero-order valence-electron chi connectivity index (χ0n) is 18.9. The molecule has 33 heavy (non-hydrogen) atoms. The van der Waals surface area contributed by atoms with E-state index in [1.807, 2.05) is 31.6 Å². The fourth-order valence-electron chi connectivity index (χ4n) is 4.11. The molecule has 0 bridgehead atoms. The first-order valence-corrected chi connectivity index (χ1v) is 11.2. The predicted molar refractivity (Wildman–Crippen MR) is 131 cm³/mol. The van der Waals surface area contributed by atoms with Gasteiger partial charge in [-0.05, 0) is 43.2 Å². The molecule has 0 fully saturated rings. The van der Waals surface area contributed by atoms with Crippen molar-refractivity contribution in [2.75, 3.05) is 6.54 Å². The van der Waals surface area contributed by atoms with Crippen LogP contribution in [0.25, 0.3) is 22.4 Å². The molecule has 0 aromatic carbocycles. The van der Waals surface area contributed by atoms with Crippen molar-refractivity contribution in [2.24, 2.45) is 4.99 Å². The van der Waals surface area contributed by atoms with Gasteiger partial charge in [-0.25, -0.2) is 15.0 Å². The predicted octanol–water partition coefficient (Wildman–Crippen LogP) is 3.53. The summed E-state index contributed by atoms with van der Waals surface area (Å²) in [5.74, 6) is 0.755. The van der Waals surface area contributed by atoms with Crippen LogP contribution in [-0.4, -0.2) is 26.5 Å². The zero-order valence-corrected chi connectivity index (χ0v) is 18.9. The highest BCUT2D eigenvalue weighted by Crippen LogP contribution is 2.30. The highest BCUT2D eigenvalue weighted by molar-refractivity contribution is 5.83. The number of aromatic nitrogens is 4. The number of pyridine rings is 2. The summed E-state index contributed by atoms with van der Waals surface area (Å²) in [6, 6.07) is 4.28. The zero-order chi connectivity index (χ0) is 22.8. The van der Waals surface area contributed by atoms with E-state index in [-0.39, 0.29) is 0 Å². The van der Waals surface area contributed by atoms with Crippen molar-refractivity contribution in [1.82, 2.24) is 25.3 Å². The lowest BCUT2D eigenvalue weighted by molar-refractivity contribution is 0.724. The van der Waals surface area contributed by atoms with E-state index in [0.29, 0.717) is 0 Å². The topological polar surface area (TPSA) is 78.8 Å². The third-order valence-corrected chi connectivity index (χ3v) is 5.78. The van der Waals surface area contributed by atoms with Crippen molar-refractivity contribution in [3.8, 4) is 11.1 Å². The van der Waals surface area contributed by atoms with Gasteiger partial charge in [0, 0.05) is 52.7 Å². The minimum atomic E-state index is 0.740. The quantitative estimate of drug-likeness (QED) is 0.532. The number of H-pyrrole nitrogens is 1. The monoisotopic (exact) mass is 434 g/mol. The molecule has 2 aliphatic rings. The van der Waals surface area contributed by atoms with Crippen LogP contribution < -0.4 is 16.0 Å². The van der Waals surface area contributed by atoms with Crippen LogP contribution in [0, 0.1) is 6.92 Å². The molecule has 0 saturated carbocycles.